The lowest BCUT2D eigenvalue weighted by molar-refractivity contribution is -0.137. The van der Waals surface area contributed by atoms with Crippen LogP contribution in [-0.4, -0.2) is 39.4 Å². The van der Waals surface area contributed by atoms with Crippen molar-refractivity contribution in [2.24, 2.45) is 7.05 Å². The first-order chi connectivity index (χ1) is 14.8. The summed E-state index contributed by atoms with van der Waals surface area (Å²) >= 11 is 0. The van der Waals surface area contributed by atoms with E-state index in [9.17, 15) is 18.0 Å². The molecule has 0 N–H and O–H groups in total. The van der Waals surface area contributed by atoms with Crippen molar-refractivity contribution in [3.8, 4) is 11.4 Å². The summed E-state index contributed by atoms with van der Waals surface area (Å²) in [6.07, 6.45) is -4.47. The molecule has 0 unspecified atom stereocenters. The van der Waals surface area contributed by atoms with Crippen molar-refractivity contribution in [3.05, 3.63) is 70.3 Å². The number of aryl methyl sites for hydroxylation is 1. The van der Waals surface area contributed by atoms with E-state index in [1.165, 1.54) is 21.5 Å². The molecular weight excluding hydrogens is 413 g/mol. The quantitative estimate of drug-likeness (QED) is 0.439. The lowest BCUT2D eigenvalue weighted by Crippen LogP contribution is -2.20. The van der Waals surface area contributed by atoms with Gasteiger partial charge in [-0.2, -0.15) is 18.0 Å². The van der Waals surface area contributed by atoms with E-state index in [0.717, 1.165) is 12.1 Å². The van der Waals surface area contributed by atoms with Crippen molar-refractivity contribution >= 4 is 16.7 Å². The normalized spacial score (nSPS) is 12.1. The number of hydrogen-bond donors (Lipinski definition) is 0. The minimum atomic E-state index is -4.47. The number of rotatable bonds is 3. The zero-order valence-corrected chi connectivity index (χ0v) is 15.9. The Labute approximate surface area is 171 Å². The van der Waals surface area contributed by atoms with Gasteiger partial charge >= 0.3 is 6.18 Å². The molecule has 2 aromatic carbocycles. The van der Waals surface area contributed by atoms with Crippen molar-refractivity contribution < 1.29 is 13.2 Å². The van der Waals surface area contributed by atoms with Crippen LogP contribution >= 0.6 is 0 Å². The number of nitrogens with zero attached hydrogens (tertiary/aromatic N) is 8. The third kappa shape index (κ3) is 3.12. The summed E-state index contributed by atoms with van der Waals surface area (Å²) in [4.78, 5) is 13.7. The summed E-state index contributed by atoms with van der Waals surface area (Å²) in [5, 5.41) is 20.7. The summed E-state index contributed by atoms with van der Waals surface area (Å²) in [5.74, 6) is 0.837. The second-order valence-corrected chi connectivity index (χ2v) is 6.85. The molecule has 0 saturated heterocycles. The Morgan fingerprint density at radius 1 is 1.00 bits per heavy atom. The van der Waals surface area contributed by atoms with Crippen molar-refractivity contribution in [3.63, 3.8) is 0 Å². The fourth-order valence-electron chi connectivity index (χ4n) is 3.38. The van der Waals surface area contributed by atoms with Crippen molar-refractivity contribution in [1.82, 2.24) is 39.4 Å². The standard InChI is InChI=1S/C19H13F3N8O/c1-28-17(31)13-7-2-3-8-14(13)30-15(23-25-18(28)30)10-29-26-16(24-27-29)11-5-4-6-12(9-11)19(20,21)22/h2-9H,10H2,1H3. The number of alkyl halides is 3. The topological polar surface area (TPSA) is 95.8 Å². The molecule has 0 aliphatic carbocycles. The van der Waals surface area contributed by atoms with Gasteiger partial charge in [-0.3, -0.25) is 13.8 Å². The molecule has 5 aromatic rings. The van der Waals surface area contributed by atoms with Crippen molar-refractivity contribution in [2.75, 3.05) is 0 Å². The van der Waals surface area contributed by atoms with Gasteiger partial charge in [0, 0.05) is 12.6 Å². The molecule has 0 atom stereocenters. The van der Waals surface area contributed by atoms with Crippen LogP contribution in [0.1, 0.15) is 11.4 Å². The Balaban J connectivity index is 1.56. The molecular formula is C19H13F3N8O. The minimum Gasteiger partial charge on any atom is -0.279 e. The van der Waals surface area contributed by atoms with Crippen LogP contribution in [0, 0.1) is 0 Å². The third-order valence-corrected chi connectivity index (χ3v) is 4.88. The highest BCUT2D eigenvalue weighted by Crippen LogP contribution is 2.31. The van der Waals surface area contributed by atoms with Crippen molar-refractivity contribution in [2.45, 2.75) is 12.7 Å². The second kappa shape index (κ2) is 6.72. The Hall–Kier alpha value is -4.09. The summed E-state index contributed by atoms with van der Waals surface area (Å²) in [6.45, 7) is 0.0509. The van der Waals surface area contributed by atoms with Crippen LogP contribution in [0.15, 0.2) is 53.3 Å². The van der Waals surface area contributed by atoms with E-state index < -0.39 is 11.7 Å². The minimum absolute atomic E-state index is 0.0509. The molecule has 0 radical (unpaired) electrons. The van der Waals surface area contributed by atoms with Gasteiger partial charge in [-0.25, -0.2) is 0 Å². The predicted octanol–water partition coefficient (Wildman–Crippen LogP) is 2.30. The Bertz CT molecular complexity index is 1500. The van der Waals surface area contributed by atoms with Gasteiger partial charge in [0.1, 0.15) is 6.54 Å². The summed E-state index contributed by atoms with van der Waals surface area (Å²) in [7, 11) is 1.60. The molecule has 156 valence electrons. The number of fused-ring (bicyclic) bond motifs is 3. The number of benzene rings is 2. The Kier molecular flexibility index (Phi) is 4.10. The van der Waals surface area contributed by atoms with E-state index in [1.807, 2.05) is 0 Å². The van der Waals surface area contributed by atoms with Crippen LogP contribution < -0.4 is 5.56 Å². The molecule has 0 aliphatic heterocycles. The van der Waals surface area contributed by atoms with Gasteiger partial charge in [0.2, 0.25) is 11.6 Å². The molecule has 0 spiro atoms. The largest absolute Gasteiger partial charge is 0.416 e. The SMILES string of the molecule is Cn1c(=O)c2ccccc2n2c(Cn3nnc(-c4cccc(C(F)(F)F)c4)n3)nnc12. The maximum absolute atomic E-state index is 13.0. The molecule has 5 rings (SSSR count). The molecule has 3 heterocycles. The van der Waals surface area contributed by atoms with Gasteiger partial charge < -0.3 is 0 Å². The molecule has 9 nitrogen and oxygen atoms in total. The average Bonchev–Trinajstić information content (AvgIpc) is 3.39. The van der Waals surface area contributed by atoms with E-state index in [-0.39, 0.29) is 23.5 Å². The first kappa shape index (κ1) is 18.9. The van der Waals surface area contributed by atoms with E-state index in [1.54, 1.807) is 35.7 Å². The van der Waals surface area contributed by atoms with Crippen LogP contribution in [0.25, 0.3) is 28.1 Å². The third-order valence-electron chi connectivity index (χ3n) is 4.88. The van der Waals surface area contributed by atoms with Gasteiger partial charge in [-0.05, 0) is 29.5 Å². The van der Waals surface area contributed by atoms with Gasteiger partial charge in [-0.15, -0.1) is 20.4 Å². The maximum atomic E-state index is 13.0. The average molecular weight is 426 g/mol. The van der Waals surface area contributed by atoms with E-state index in [0.29, 0.717) is 22.5 Å². The molecule has 0 aliphatic rings. The molecule has 31 heavy (non-hydrogen) atoms. The molecule has 3 aromatic heterocycles. The highest BCUT2D eigenvalue weighted by atomic mass is 19.4. The number of halogens is 3. The summed E-state index contributed by atoms with van der Waals surface area (Å²) in [5.41, 5.74) is -0.177. The molecule has 0 amide bonds. The van der Waals surface area contributed by atoms with Crippen LogP contribution in [-0.2, 0) is 19.8 Å². The zero-order valence-electron chi connectivity index (χ0n) is 15.9. The monoisotopic (exact) mass is 426 g/mol. The number of para-hydroxylation sites is 1. The van der Waals surface area contributed by atoms with Crippen molar-refractivity contribution in [1.29, 1.82) is 0 Å². The highest BCUT2D eigenvalue weighted by molar-refractivity contribution is 5.80. The Morgan fingerprint density at radius 2 is 1.81 bits per heavy atom. The number of aromatic nitrogens is 8. The molecule has 12 heteroatoms. The van der Waals surface area contributed by atoms with Crippen LogP contribution in [0.2, 0.25) is 0 Å². The fourth-order valence-corrected chi connectivity index (χ4v) is 3.38. The molecule has 0 bridgehead atoms. The second-order valence-electron chi connectivity index (χ2n) is 6.85. The smallest absolute Gasteiger partial charge is 0.279 e. The number of tetrazole rings is 1. The van der Waals surface area contributed by atoms with E-state index in [2.05, 4.69) is 25.6 Å². The zero-order chi connectivity index (χ0) is 21.8. The lowest BCUT2D eigenvalue weighted by atomic mass is 10.1. The van der Waals surface area contributed by atoms with Gasteiger partial charge in [0.15, 0.2) is 5.82 Å². The van der Waals surface area contributed by atoms with Gasteiger partial charge in [-0.1, -0.05) is 24.3 Å². The first-order valence-corrected chi connectivity index (χ1v) is 9.10. The molecule has 0 saturated carbocycles. The lowest BCUT2D eigenvalue weighted by Gasteiger charge is -2.07. The van der Waals surface area contributed by atoms with E-state index >= 15 is 0 Å². The molecule has 0 fully saturated rings. The highest BCUT2D eigenvalue weighted by Gasteiger charge is 2.30. The van der Waals surface area contributed by atoms with Gasteiger partial charge in [0.25, 0.3) is 5.56 Å². The number of hydrogen-bond acceptors (Lipinski definition) is 6. The summed E-state index contributed by atoms with van der Waals surface area (Å²) in [6, 6.07) is 11.8. The van der Waals surface area contributed by atoms with Crippen LogP contribution in [0.4, 0.5) is 13.2 Å². The van der Waals surface area contributed by atoms with Crippen LogP contribution in [0.5, 0.6) is 0 Å². The maximum Gasteiger partial charge on any atom is 0.416 e. The summed E-state index contributed by atoms with van der Waals surface area (Å²) < 4.78 is 42.0. The Morgan fingerprint density at radius 3 is 2.61 bits per heavy atom. The fraction of sp³-hybridized carbons (Fsp3) is 0.158. The van der Waals surface area contributed by atoms with Crippen LogP contribution in [0.3, 0.4) is 0 Å². The van der Waals surface area contributed by atoms with E-state index in [4.69, 9.17) is 0 Å². The first-order valence-electron chi connectivity index (χ1n) is 9.10. The van der Waals surface area contributed by atoms with Gasteiger partial charge in [0.05, 0.1) is 16.5 Å². The predicted molar refractivity (Wildman–Crippen MR) is 103 cm³/mol.